The van der Waals surface area contributed by atoms with E-state index in [0.29, 0.717) is 31.4 Å². The Hall–Kier alpha value is -2.34. The molecule has 1 heterocycles. The maximum atomic E-state index is 11.8. The van der Waals surface area contributed by atoms with E-state index in [4.69, 9.17) is 4.74 Å². The Labute approximate surface area is 143 Å². The van der Waals surface area contributed by atoms with E-state index in [1.807, 2.05) is 36.5 Å². The third-order valence-corrected chi connectivity index (χ3v) is 3.27. The number of hydrogen-bond donors (Lipinski definition) is 2. The lowest BCUT2D eigenvalue weighted by atomic mass is 10.2. The van der Waals surface area contributed by atoms with E-state index >= 15 is 0 Å². The van der Waals surface area contributed by atoms with E-state index in [2.05, 4.69) is 29.6 Å². The molecule has 6 heteroatoms. The summed E-state index contributed by atoms with van der Waals surface area (Å²) in [4.78, 5) is 11.8. The van der Waals surface area contributed by atoms with Crippen molar-refractivity contribution in [1.29, 1.82) is 0 Å². The van der Waals surface area contributed by atoms with Crippen molar-refractivity contribution in [2.45, 2.75) is 26.8 Å². The molecule has 130 valence electrons. The fraction of sp³-hybridized carbons (Fsp3) is 0.444. The van der Waals surface area contributed by atoms with Crippen molar-refractivity contribution in [3.05, 3.63) is 48.2 Å². The quantitative estimate of drug-likeness (QED) is 0.694. The number of nitrogens with zero attached hydrogens (tertiary/aromatic N) is 2. The minimum Gasteiger partial charge on any atom is -0.381 e. The number of benzene rings is 1. The lowest BCUT2D eigenvalue weighted by Crippen LogP contribution is -2.30. The average molecular weight is 330 g/mol. The van der Waals surface area contributed by atoms with Crippen molar-refractivity contribution >= 4 is 11.8 Å². The van der Waals surface area contributed by atoms with Crippen LogP contribution in [-0.2, 0) is 11.3 Å². The number of ether oxygens (including phenoxy) is 1. The number of carbonyl (C=O) groups is 1. The standard InChI is InChI=1S/C18H26N4O2/c1-15(2)14-24-12-6-10-19-18(23)20-17-9-11-22(21-17)13-16-7-4-3-5-8-16/h3-5,7-9,11,15H,6,10,12-14H2,1-2H3,(H2,19,20,21,23). The molecular formula is C18H26N4O2. The molecule has 0 saturated heterocycles. The molecule has 0 aliphatic rings. The van der Waals surface area contributed by atoms with Gasteiger partial charge in [-0.25, -0.2) is 4.79 Å². The Kier molecular flexibility index (Phi) is 7.29. The molecule has 0 saturated carbocycles. The van der Waals surface area contributed by atoms with Gasteiger partial charge in [-0.05, 0) is 17.9 Å². The highest BCUT2D eigenvalue weighted by molar-refractivity contribution is 5.88. The molecule has 0 unspecified atom stereocenters. The van der Waals surface area contributed by atoms with Crippen LogP contribution < -0.4 is 10.6 Å². The number of aromatic nitrogens is 2. The van der Waals surface area contributed by atoms with Crippen molar-refractivity contribution in [1.82, 2.24) is 15.1 Å². The molecule has 2 aromatic rings. The van der Waals surface area contributed by atoms with Crippen LogP contribution in [0.25, 0.3) is 0 Å². The zero-order valence-electron chi connectivity index (χ0n) is 14.4. The summed E-state index contributed by atoms with van der Waals surface area (Å²) < 4.78 is 7.26. The van der Waals surface area contributed by atoms with Gasteiger partial charge in [-0.3, -0.25) is 10.00 Å². The highest BCUT2D eigenvalue weighted by Gasteiger charge is 2.04. The molecule has 2 N–H and O–H groups in total. The van der Waals surface area contributed by atoms with E-state index < -0.39 is 0 Å². The van der Waals surface area contributed by atoms with Crippen LogP contribution in [0.5, 0.6) is 0 Å². The van der Waals surface area contributed by atoms with Crippen LogP contribution >= 0.6 is 0 Å². The lowest BCUT2D eigenvalue weighted by Gasteiger charge is -2.08. The van der Waals surface area contributed by atoms with E-state index in [1.54, 1.807) is 10.7 Å². The molecule has 2 rings (SSSR count). The van der Waals surface area contributed by atoms with Crippen LogP contribution in [0.1, 0.15) is 25.8 Å². The van der Waals surface area contributed by atoms with Crippen molar-refractivity contribution in [3.8, 4) is 0 Å². The smallest absolute Gasteiger partial charge is 0.320 e. The molecular weight excluding hydrogens is 304 g/mol. The number of hydrogen-bond acceptors (Lipinski definition) is 3. The molecule has 2 amide bonds. The second-order valence-electron chi connectivity index (χ2n) is 6.09. The fourth-order valence-corrected chi connectivity index (χ4v) is 2.14. The van der Waals surface area contributed by atoms with Gasteiger partial charge in [0.05, 0.1) is 6.54 Å². The number of urea groups is 1. The van der Waals surface area contributed by atoms with Gasteiger partial charge < -0.3 is 10.1 Å². The first-order valence-electron chi connectivity index (χ1n) is 8.33. The van der Waals surface area contributed by atoms with Gasteiger partial charge in [-0.15, -0.1) is 0 Å². The van der Waals surface area contributed by atoms with Gasteiger partial charge in [0, 0.05) is 32.0 Å². The maximum Gasteiger partial charge on any atom is 0.320 e. The summed E-state index contributed by atoms with van der Waals surface area (Å²) in [6.45, 7) is 6.90. The van der Waals surface area contributed by atoms with Gasteiger partial charge in [-0.2, -0.15) is 5.10 Å². The van der Waals surface area contributed by atoms with Crippen molar-refractivity contribution < 1.29 is 9.53 Å². The van der Waals surface area contributed by atoms with Crippen molar-refractivity contribution in [2.24, 2.45) is 5.92 Å². The number of carbonyl (C=O) groups excluding carboxylic acids is 1. The predicted molar refractivity (Wildman–Crippen MR) is 95.1 cm³/mol. The molecule has 1 aromatic carbocycles. The summed E-state index contributed by atoms with van der Waals surface area (Å²) in [5.74, 6) is 1.08. The fourth-order valence-electron chi connectivity index (χ4n) is 2.14. The van der Waals surface area contributed by atoms with Crippen molar-refractivity contribution in [2.75, 3.05) is 25.1 Å². The van der Waals surface area contributed by atoms with E-state index in [1.165, 1.54) is 0 Å². The van der Waals surface area contributed by atoms with Gasteiger partial charge in [0.25, 0.3) is 0 Å². The predicted octanol–water partition coefficient (Wildman–Crippen LogP) is 3.12. The number of nitrogens with one attached hydrogen (secondary N) is 2. The third kappa shape index (κ3) is 6.83. The Morgan fingerprint density at radius 3 is 2.79 bits per heavy atom. The summed E-state index contributed by atoms with van der Waals surface area (Å²) >= 11 is 0. The molecule has 0 aliphatic carbocycles. The third-order valence-electron chi connectivity index (χ3n) is 3.27. The normalized spacial score (nSPS) is 10.8. The van der Waals surface area contributed by atoms with Gasteiger partial charge in [0.15, 0.2) is 5.82 Å². The van der Waals surface area contributed by atoms with Gasteiger partial charge >= 0.3 is 6.03 Å². The summed E-state index contributed by atoms with van der Waals surface area (Å²) in [7, 11) is 0. The van der Waals surface area contributed by atoms with Gasteiger partial charge in [0.2, 0.25) is 0 Å². The van der Waals surface area contributed by atoms with Crippen LogP contribution in [-0.4, -0.2) is 35.6 Å². The molecule has 6 nitrogen and oxygen atoms in total. The van der Waals surface area contributed by atoms with Gasteiger partial charge in [-0.1, -0.05) is 44.2 Å². The van der Waals surface area contributed by atoms with E-state index in [9.17, 15) is 4.79 Å². The lowest BCUT2D eigenvalue weighted by molar-refractivity contribution is 0.108. The molecule has 0 spiro atoms. The van der Waals surface area contributed by atoms with Crippen LogP contribution in [0.4, 0.5) is 10.6 Å². The highest BCUT2D eigenvalue weighted by atomic mass is 16.5. The summed E-state index contributed by atoms with van der Waals surface area (Å²) in [5.41, 5.74) is 1.16. The second kappa shape index (κ2) is 9.72. The molecule has 0 bridgehead atoms. The molecule has 0 radical (unpaired) electrons. The van der Waals surface area contributed by atoms with Crippen LogP contribution in [0.2, 0.25) is 0 Å². The topological polar surface area (TPSA) is 68.2 Å². The summed E-state index contributed by atoms with van der Waals surface area (Å²) in [5, 5.41) is 9.88. The minimum absolute atomic E-state index is 0.246. The Morgan fingerprint density at radius 1 is 1.25 bits per heavy atom. The first-order chi connectivity index (χ1) is 11.6. The first kappa shape index (κ1) is 18.0. The van der Waals surface area contributed by atoms with E-state index in [-0.39, 0.29) is 6.03 Å². The number of anilines is 1. The Bertz CT molecular complexity index is 610. The molecule has 24 heavy (non-hydrogen) atoms. The minimum atomic E-state index is -0.246. The largest absolute Gasteiger partial charge is 0.381 e. The van der Waals surface area contributed by atoms with Gasteiger partial charge in [0.1, 0.15) is 0 Å². The Morgan fingerprint density at radius 2 is 2.04 bits per heavy atom. The molecule has 1 aromatic heterocycles. The van der Waals surface area contributed by atoms with Crippen LogP contribution in [0, 0.1) is 5.92 Å². The number of amides is 2. The van der Waals surface area contributed by atoms with Crippen LogP contribution in [0.15, 0.2) is 42.6 Å². The zero-order valence-corrected chi connectivity index (χ0v) is 14.4. The SMILES string of the molecule is CC(C)COCCCNC(=O)Nc1ccn(Cc2ccccc2)n1. The maximum absolute atomic E-state index is 11.8. The Balaban J connectivity index is 1.65. The van der Waals surface area contributed by atoms with E-state index in [0.717, 1.165) is 18.6 Å². The highest BCUT2D eigenvalue weighted by Crippen LogP contribution is 2.06. The zero-order chi connectivity index (χ0) is 17.2. The molecule has 0 fully saturated rings. The first-order valence-corrected chi connectivity index (χ1v) is 8.33. The second-order valence-corrected chi connectivity index (χ2v) is 6.09. The summed E-state index contributed by atoms with van der Waals surface area (Å²) in [6, 6.07) is 11.6. The molecule has 0 atom stereocenters. The average Bonchev–Trinajstić information content (AvgIpc) is 2.98. The van der Waals surface area contributed by atoms with Crippen LogP contribution in [0.3, 0.4) is 0 Å². The summed E-state index contributed by atoms with van der Waals surface area (Å²) in [6.07, 6.45) is 2.64. The monoisotopic (exact) mass is 330 g/mol. The van der Waals surface area contributed by atoms with Crippen molar-refractivity contribution in [3.63, 3.8) is 0 Å². The molecule has 0 aliphatic heterocycles. The number of rotatable bonds is 9.